The molecular weight excluding hydrogens is 208 g/mol. The molecule has 1 heterocycles. The number of nitrogens with zero attached hydrogens (tertiary/aromatic N) is 1. The van der Waals surface area contributed by atoms with E-state index in [1.165, 1.54) is 12.3 Å². The Kier molecular flexibility index (Phi) is 3.97. The fraction of sp³-hybridized carbons (Fsp3) is 0. The molecule has 0 atom stereocenters. The number of hydrogen-bond acceptors (Lipinski definition) is 5. The lowest BCUT2D eigenvalue weighted by Crippen LogP contribution is -2.06. The first-order valence-electron chi connectivity index (χ1n) is 4.39. The Balaban J connectivity index is 2.59. The maximum atomic E-state index is 11.0. The topological polar surface area (TPSA) is 82.3 Å². The van der Waals surface area contributed by atoms with Crippen LogP contribution in [-0.4, -0.2) is 16.9 Å². The van der Waals surface area contributed by atoms with E-state index in [9.17, 15) is 9.59 Å². The first-order valence-corrected chi connectivity index (χ1v) is 4.39. The first-order chi connectivity index (χ1) is 7.61. The highest BCUT2D eigenvalue weighted by molar-refractivity contribution is 5.98. The van der Waals surface area contributed by atoms with Crippen LogP contribution in [0.3, 0.4) is 0 Å². The van der Waals surface area contributed by atoms with Gasteiger partial charge in [-0.3, -0.25) is 0 Å². The molecule has 5 nitrogen and oxygen atoms in total. The van der Waals surface area contributed by atoms with Crippen LogP contribution in [0.25, 0.3) is 6.08 Å². The zero-order valence-electron chi connectivity index (χ0n) is 8.42. The van der Waals surface area contributed by atoms with E-state index in [0.717, 1.165) is 12.2 Å². The SMILES string of the molecule is C=CC(=O)OC(=O)/C=C/c1ccc(N)nc1. The van der Waals surface area contributed by atoms with Gasteiger partial charge in [0.15, 0.2) is 0 Å². The maximum absolute atomic E-state index is 11.0. The predicted molar refractivity (Wildman–Crippen MR) is 59.0 cm³/mol. The summed E-state index contributed by atoms with van der Waals surface area (Å²) in [7, 11) is 0. The second-order valence-corrected chi connectivity index (χ2v) is 2.79. The van der Waals surface area contributed by atoms with Gasteiger partial charge < -0.3 is 10.5 Å². The first kappa shape index (κ1) is 11.6. The number of aromatic nitrogens is 1. The van der Waals surface area contributed by atoms with Crippen molar-refractivity contribution in [1.82, 2.24) is 4.98 Å². The van der Waals surface area contributed by atoms with Crippen molar-refractivity contribution < 1.29 is 14.3 Å². The number of anilines is 1. The number of ether oxygens (including phenoxy) is 1. The average Bonchev–Trinajstić information content (AvgIpc) is 2.28. The lowest BCUT2D eigenvalue weighted by Gasteiger charge is -1.95. The van der Waals surface area contributed by atoms with Gasteiger partial charge in [-0.15, -0.1) is 0 Å². The van der Waals surface area contributed by atoms with Gasteiger partial charge in [-0.05, 0) is 23.8 Å². The Morgan fingerprint density at radius 3 is 2.69 bits per heavy atom. The number of hydrogen-bond donors (Lipinski definition) is 1. The molecule has 2 N–H and O–H groups in total. The van der Waals surface area contributed by atoms with Gasteiger partial charge in [-0.25, -0.2) is 14.6 Å². The van der Waals surface area contributed by atoms with Crippen LogP contribution < -0.4 is 5.73 Å². The van der Waals surface area contributed by atoms with Crippen LogP contribution in [0.15, 0.2) is 37.1 Å². The second kappa shape index (κ2) is 5.45. The third-order valence-corrected chi connectivity index (χ3v) is 1.59. The van der Waals surface area contributed by atoms with Crippen molar-refractivity contribution in [3.8, 4) is 0 Å². The van der Waals surface area contributed by atoms with Crippen molar-refractivity contribution in [2.45, 2.75) is 0 Å². The van der Waals surface area contributed by atoms with Gasteiger partial charge in [0.25, 0.3) is 0 Å². The summed E-state index contributed by atoms with van der Waals surface area (Å²) in [6.45, 7) is 3.17. The molecule has 0 amide bonds. The van der Waals surface area contributed by atoms with Gasteiger partial charge in [0.1, 0.15) is 5.82 Å². The van der Waals surface area contributed by atoms with E-state index in [4.69, 9.17) is 5.73 Å². The summed E-state index contributed by atoms with van der Waals surface area (Å²) in [6, 6.07) is 3.28. The molecular formula is C11H10N2O3. The van der Waals surface area contributed by atoms with Gasteiger partial charge in [-0.2, -0.15) is 0 Å². The monoisotopic (exact) mass is 218 g/mol. The minimum Gasteiger partial charge on any atom is -0.387 e. The zero-order valence-corrected chi connectivity index (χ0v) is 8.42. The Labute approximate surface area is 92.2 Å². The summed E-state index contributed by atoms with van der Waals surface area (Å²) in [6.07, 6.45) is 4.99. The summed E-state index contributed by atoms with van der Waals surface area (Å²) in [5.41, 5.74) is 6.06. The molecule has 0 aliphatic rings. The standard InChI is InChI=1S/C11H10N2O3/c1-2-10(14)16-11(15)6-4-8-3-5-9(12)13-7-8/h2-7H,1H2,(H2,12,13)/b6-4+. The molecule has 16 heavy (non-hydrogen) atoms. The van der Waals surface area contributed by atoms with Gasteiger partial charge in [0, 0.05) is 18.3 Å². The van der Waals surface area contributed by atoms with Gasteiger partial charge in [-0.1, -0.05) is 6.58 Å². The van der Waals surface area contributed by atoms with Crippen molar-refractivity contribution in [2.24, 2.45) is 0 Å². The summed E-state index contributed by atoms with van der Waals surface area (Å²) >= 11 is 0. The van der Waals surface area contributed by atoms with Crippen LogP contribution in [0.1, 0.15) is 5.56 Å². The van der Waals surface area contributed by atoms with Gasteiger partial charge in [0.05, 0.1) is 0 Å². The van der Waals surface area contributed by atoms with Crippen LogP contribution in [0.2, 0.25) is 0 Å². The van der Waals surface area contributed by atoms with Crippen LogP contribution in [0.4, 0.5) is 5.82 Å². The minimum atomic E-state index is -0.787. The average molecular weight is 218 g/mol. The van der Waals surface area contributed by atoms with Crippen molar-refractivity contribution in [3.63, 3.8) is 0 Å². The third-order valence-electron chi connectivity index (χ3n) is 1.59. The summed E-state index contributed by atoms with van der Waals surface area (Å²) < 4.78 is 4.32. The number of esters is 2. The molecule has 0 radical (unpaired) electrons. The molecule has 0 unspecified atom stereocenters. The number of carbonyl (C=O) groups is 2. The zero-order chi connectivity index (χ0) is 12.0. The van der Waals surface area contributed by atoms with Gasteiger partial charge >= 0.3 is 11.9 Å². The number of nitrogens with two attached hydrogens (primary N) is 1. The lowest BCUT2D eigenvalue weighted by atomic mass is 10.2. The van der Waals surface area contributed by atoms with E-state index in [-0.39, 0.29) is 0 Å². The maximum Gasteiger partial charge on any atom is 0.338 e. The second-order valence-electron chi connectivity index (χ2n) is 2.79. The molecule has 1 aromatic rings. The summed E-state index contributed by atoms with van der Waals surface area (Å²) in [5, 5.41) is 0. The Morgan fingerprint density at radius 1 is 1.38 bits per heavy atom. The molecule has 0 bridgehead atoms. The Hall–Kier alpha value is -2.43. The molecule has 0 aliphatic carbocycles. The van der Waals surface area contributed by atoms with E-state index >= 15 is 0 Å². The highest BCUT2D eigenvalue weighted by atomic mass is 16.6. The van der Waals surface area contributed by atoms with Crippen LogP contribution in [-0.2, 0) is 14.3 Å². The Morgan fingerprint density at radius 2 is 2.12 bits per heavy atom. The Bertz CT molecular complexity index is 435. The highest BCUT2D eigenvalue weighted by Gasteiger charge is 2.01. The van der Waals surface area contributed by atoms with Gasteiger partial charge in [0.2, 0.25) is 0 Å². The van der Waals surface area contributed by atoms with E-state index in [1.807, 2.05) is 0 Å². The van der Waals surface area contributed by atoms with E-state index in [0.29, 0.717) is 11.4 Å². The number of pyridine rings is 1. The molecule has 5 heteroatoms. The fourth-order valence-electron chi connectivity index (χ4n) is 0.854. The summed E-state index contributed by atoms with van der Waals surface area (Å²) in [5.74, 6) is -1.16. The molecule has 0 fully saturated rings. The molecule has 0 aliphatic heterocycles. The van der Waals surface area contributed by atoms with Crippen molar-refractivity contribution in [3.05, 3.63) is 42.6 Å². The number of nitrogen functional groups attached to an aromatic ring is 1. The molecule has 1 aromatic heterocycles. The number of rotatable bonds is 3. The molecule has 0 saturated carbocycles. The van der Waals surface area contributed by atoms with Crippen LogP contribution in [0, 0.1) is 0 Å². The van der Waals surface area contributed by atoms with E-state index in [2.05, 4.69) is 16.3 Å². The van der Waals surface area contributed by atoms with E-state index in [1.54, 1.807) is 12.1 Å². The van der Waals surface area contributed by atoms with Crippen molar-refractivity contribution in [2.75, 3.05) is 5.73 Å². The van der Waals surface area contributed by atoms with Crippen LogP contribution >= 0.6 is 0 Å². The van der Waals surface area contributed by atoms with Crippen molar-refractivity contribution in [1.29, 1.82) is 0 Å². The molecule has 0 spiro atoms. The summed E-state index contributed by atoms with van der Waals surface area (Å²) in [4.78, 5) is 25.5. The third kappa shape index (κ3) is 3.75. The largest absolute Gasteiger partial charge is 0.387 e. The van der Waals surface area contributed by atoms with Crippen molar-refractivity contribution >= 4 is 23.8 Å². The quantitative estimate of drug-likeness (QED) is 0.463. The molecule has 0 aromatic carbocycles. The van der Waals surface area contributed by atoms with E-state index < -0.39 is 11.9 Å². The molecule has 1 rings (SSSR count). The predicted octanol–water partition coefficient (Wildman–Crippen LogP) is 0.933. The smallest absolute Gasteiger partial charge is 0.338 e. The fourth-order valence-corrected chi connectivity index (χ4v) is 0.854. The van der Waals surface area contributed by atoms with Crippen LogP contribution in [0.5, 0.6) is 0 Å². The number of carbonyl (C=O) groups excluding carboxylic acids is 2. The normalized spacial score (nSPS) is 10.0. The lowest BCUT2D eigenvalue weighted by molar-refractivity contribution is -0.152. The molecule has 82 valence electrons. The minimum absolute atomic E-state index is 0.390. The highest BCUT2D eigenvalue weighted by Crippen LogP contribution is 2.03. The molecule has 0 saturated heterocycles.